The van der Waals surface area contributed by atoms with Crippen LogP contribution >= 0.6 is 11.3 Å². The number of nitrogens with zero attached hydrogens (tertiary/aromatic N) is 2. The number of nitrogen functional groups attached to an aromatic ring is 1. The second-order valence-corrected chi connectivity index (χ2v) is 6.67. The number of anilines is 2. The summed E-state index contributed by atoms with van der Waals surface area (Å²) in [6.45, 7) is 7.47. The highest BCUT2D eigenvalue weighted by Crippen LogP contribution is 2.26. The van der Waals surface area contributed by atoms with Gasteiger partial charge in [-0.25, -0.2) is 4.98 Å². The molecule has 0 aromatic carbocycles. The Balaban J connectivity index is 2.65. The Labute approximate surface area is 118 Å². The molecule has 4 N–H and O–H groups in total. The van der Waals surface area contributed by atoms with Gasteiger partial charge in [0.25, 0.3) is 5.91 Å². The van der Waals surface area contributed by atoms with E-state index in [1.165, 1.54) is 11.3 Å². The van der Waals surface area contributed by atoms with Crippen LogP contribution in [0.5, 0.6) is 0 Å². The Bertz CT molecular complexity index is 436. The number of carbonyl (C=O) groups excluding carboxylic acids is 1. The van der Waals surface area contributed by atoms with Crippen molar-refractivity contribution < 1.29 is 4.79 Å². The van der Waals surface area contributed by atoms with E-state index < -0.39 is 0 Å². The summed E-state index contributed by atoms with van der Waals surface area (Å²) in [5.41, 5.74) is 5.67. The first-order chi connectivity index (χ1) is 8.69. The summed E-state index contributed by atoms with van der Waals surface area (Å²) in [4.78, 5) is 18.6. The lowest BCUT2D eigenvalue weighted by atomic mass is 10.1. The summed E-state index contributed by atoms with van der Waals surface area (Å²) in [6, 6.07) is 0. The third-order valence-electron chi connectivity index (χ3n) is 2.19. The smallest absolute Gasteiger partial charge is 0.265 e. The Hall–Kier alpha value is -1.34. The van der Waals surface area contributed by atoms with E-state index in [2.05, 4.69) is 15.6 Å². The van der Waals surface area contributed by atoms with Crippen molar-refractivity contribution in [2.45, 2.75) is 26.3 Å². The minimum Gasteiger partial charge on any atom is -0.382 e. The van der Waals surface area contributed by atoms with Crippen molar-refractivity contribution in [1.82, 2.24) is 15.2 Å². The zero-order chi connectivity index (χ0) is 14.6. The van der Waals surface area contributed by atoms with Crippen LogP contribution < -0.4 is 16.4 Å². The number of likely N-dealkylation sites (N-methyl/N-ethyl adjacent to an activating group) is 1. The third-order valence-corrected chi connectivity index (χ3v) is 3.17. The van der Waals surface area contributed by atoms with Crippen LogP contribution in [0.25, 0.3) is 0 Å². The van der Waals surface area contributed by atoms with Gasteiger partial charge >= 0.3 is 0 Å². The SMILES string of the molecule is CN(C)CCNC(=O)c1sc(NC(C)(C)C)nc1N. The molecule has 0 radical (unpaired) electrons. The molecule has 1 amide bonds. The molecule has 0 aliphatic rings. The van der Waals surface area contributed by atoms with Crippen molar-refractivity contribution in [2.75, 3.05) is 38.2 Å². The lowest BCUT2D eigenvalue weighted by Gasteiger charge is -2.19. The summed E-state index contributed by atoms with van der Waals surface area (Å²) >= 11 is 1.28. The van der Waals surface area contributed by atoms with Gasteiger partial charge in [-0.1, -0.05) is 11.3 Å². The maximum absolute atomic E-state index is 12.0. The molecule has 0 bridgehead atoms. The maximum atomic E-state index is 12.0. The van der Waals surface area contributed by atoms with Crippen LogP contribution in [0.2, 0.25) is 0 Å². The molecule has 1 aromatic rings. The number of carbonyl (C=O) groups is 1. The standard InChI is InChI=1S/C12H23N5OS/c1-12(2,3)16-11-15-9(13)8(19-11)10(18)14-6-7-17(4)5/h6-7,13H2,1-5H3,(H,14,18)(H,15,16). The number of hydrogen-bond acceptors (Lipinski definition) is 6. The van der Waals surface area contributed by atoms with E-state index in [1.807, 2.05) is 39.8 Å². The zero-order valence-electron chi connectivity index (χ0n) is 12.2. The number of nitrogens with one attached hydrogen (secondary N) is 2. The molecule has 0 aliphatic heterocycles. The largest absolute Gasteiger partial charge is 0.382 e. The molecule has 19 heavy (non-hydrogen) atoms. The minimum absolute atomic E-state index is 0.108. The molecular formula is C12H23N5OS. The fourth-order valence-corrected chi connectivity index (χ4v) is 2.35. The average Bonchev–Trinajstić information content (AvgIpc) is 2.55. The molecule has 1 rings (SSSR count). The van der Waals surface area contributed by atoms with Gasteiger partial charge in [0, 0.05) is 18.6 Å². The van der Waals surface area contributed by atoms with Crippen molar-refractivity contribution in [2.24, 2.45) is 0 Å². The highest BCUT2D eigenvalue weighted by Gasteiger charge is 2.18. The average molecular weight is 285 g/mol. The van der Waals surface area contributed by atoms with Gasteiger partial charge in [-0.2, -0.15) is 0 Å². The summed E-state index contributed by atoms with van der Waals surface area (Å²) in [5, 5.41) is 6.71. The van der Waals surface area contributed by atoms with Crippen LogP contribution in [-0.2, 0) is 0 Å². The minimum atomic E-state index is -0.168. The Kier molecular flexibility index (Phi) is 5.13. The van der Waals surface area contributed by atoms with E-state index in [1.54, 1.807) is 0 Å². The zero-order valence-corrected chi connectivity index (χ0v) is 13.0. The number of rotatable bonds is 5. The van der Waals surface area contributed by atoms with E-state index in [-0.39, 0.29) is 17.3 Å². The summed E-state index contributed by atoms with van der Waals surface area (Å²) in [7, 11) is 3.91. The number of nitrogens with two attached hydrogens (primary N) is 1. The van der Waals surface area contributed by atoms with Crippen LogP contribution in [-0.4, -0.2) is 48.5 Å². The summed E-state index contributed by atoms with van der Waals surface area (Å²) in [6.07, 6.45) is 0. The normalized spacial score (nSPS) is 11.7. The van der Waals surface area contributed by atoms with E-state index in [0.29, 0.717) is 16.6 Å². The van der Waals surface area contributed by atoms with E-state index in [9.17, 15) is 4.79 Å². The lowest BCUT2D eigenvalue weighted by Crippen LogP contribution is -2.31. The Morgan fingerprint density at radius 1 is 1.42 bits per heavy atom. The molecule has 0 atom stereocenters. The van der Waals surface area contributed by atoms with Gasteiger partial charge in [0.2, 0.25) is 0 Å². The van der Waals surface area contributed by atoms with Gasteiger partial charge < -0.3 is 21.3 Å². The molecule has 0 aliphatic carbocycles. The van der Waals surface area contributed by atoms with Gasteiger partial charge in [-0.15, -0.1) is 0 Å². The predicted molar refractivity (Wildman–Crippen MR) is 80.8 cm³/mol. The monoisotopic (exact) mass is 285 g/mol. The number of hydrogen-bond donors (Lipinski definition) is 3. The fourth-order valence-electron chi connectivity index (χ4n) is 1.34. The number of amides is 1. The third kappa shape index (κ3) is 5.44. The molecule has 0 saturated heterocycles. The fraction of sp³-hybridized carbons (Fsp3) is 0.667. The highest BCUT2D eigenvalue weighted by molar-refractivity contribution is 7.18. The second-order valence-electron chi connectivity index (χ2n) is 5.67. The van der Waals surface area contributed by atoms with E-state index in [4.69, 9.17) is 5.73 Å². The molecule has 0 spiro atoms. The summed E-state index contributed by atoms with van der Waals surface area (Å²) in [5.74, 6) is 0.109. The molecule has 0 saturated carbocycles. The molecule has 0 unspecified atom stereocenters. The van der Waals surface area contributed by atoms with E-state index in [0.717, 1.165) is 6.54 Å². The second kappa shape index (κ2) is 6.21. The van der Waals surface area contributed by atoms with Crippen molar-refractivity contribution >= 4 is 28.2 Å². The molecular weight excluding hydrogens is 262 g/mol. The highest BCUT2D eigenvalue weighted by atomic mass is 32.1. The molecule has 108 valence electrons. The number of aromatic nitrogens is 1. The Morgan fingerprint density at radius 3 is 2.58 bits per heavy atom. The number of thiazole rings is 1. The van der Waals surface area contributed by atoms with Crippen LogP contribution in [0.4, 0.5) is 10.9 Å². The van der Waals surface area contributed by atoms with Crippen molar-refractivity contribution in [3.63, 3.8) is 0 Å². The maximum Gasteiger partial charge on any atom is 0.265 e. The first-order valence-corrected chi connectivity index (χ1v) is 6.98. The van der Waals surface area contributed by atoms with Gasteiger partial charge in [-0.3, -0.25) is 4.79 Å². The summed E-state index contributed by atoms with van der Waals surface area (Å²) < 4.78 is 0. The van der Waals surface area contributed by atoms with Gasteiger partial charge in [0.05, 0.1) is 0 Å². The van der Waals surface area contributed by atoms with E-state index >= 15 is 0 Å². The van der Waals surface area contributed by atoms with Crippen molar-refractivity contribution in [3.8, 4) is 0 Å². The van der Waals surface area contributed by atoms with Gasteiger partial charge in [-0.05, 0) is 34.9 Å². The molecule has 1 aromatic heterocycles. The molecule has 7 heteroatoms. The van der Waals surface area contributed by atoms with Gasteiger partial charge in [0.15, 0.2) is 5.13 Å². The van der Waals surface area contributed by atoms with Gasteiger partial charge in [0.1, 0.15) is 10.7 Å². The first-order valence-electron chi connectivity index (χ1n) is 6.16. The van der Waals surface area contributed by atoms with Crippen LogP contribution in [0, 0.1) is 0 Å². The predicted octanol–water partition coefficient (Wildman–Crippen LogP) is 1.23. The Morgan fingerprint density at radius 2 is 2.05 bits per heavy atom. The lowest BCUT2D eigenvalue weighted by molar-refractivity contribution is 0.0956. The topological polar surface area (TPSA) is 83.3 Å². The van der Waals surface area contributed by atoms with Crippen molar-refractivity contribution in [1.29, 1.82) is 0 Å². The molecule has 1 heterocycles. The van der Waals surface area contributed by atoms with Crippen LogP contribution in [0.3, 0.4) is 0 Å². The quantitative estimate of drug-likeness (QED) is 0.758. The van der Waals surface area contributed by atoms with Crippen molar-refractivity contribution in [3.05, 3.63) is 4.88 Å². The van der Waals surface area contributed by atoms with Crippen LogP contribution in [0.1, 0.15) is 30.4 Å². The molecule has 6 nitrogen and oxygen atoms in total. The molecule has 0 fully saturated rings. The first kappa shape index (κ1) is 15.7. The van der Waals surface area contributed by atoms with Crippen LogP contribution in [0.15, 0.2) is 0 Å².